The maximum atomic E-state index is 13.5. The summed E-state index contributed by atoms with van der Waals surface area (Å²) < 4.78 is 19.1. The minimum absolute atomic E-state index is 0.297. The van der Waals surface area contributed by atoms with Gasteiger partial charge in [-0.1, -0.05) is 12.1 Å². The fourth-order valence-corrected chi connectivity index (χ4v) is 2.45. The van der Waals surface area contributed by atoms with Crippen LogP contribution in [0.15, 0.2) is 40.9 Å². The van der Waals surface area contributed by atoms with Gasteiger partial charge in [-0.15, -0.1) is 0 Å². The van der Waals surface area contributed by atoms with Crippen LogP contribution in [0.5, 0.6) is 5.75 Å². The maximum absolute atomic E-state index is 13.5. The minimum Gasteiger partial charge on any atom is -0.497 e. The highest BCUT2D eigenvalue weighted by atomic mass is 79.9. The molecule has 0 bridgehead atoms. The smallest absolute Gasteiger partial charge is 0.139 e. The van der Waals surface area contributed by atoms with Crippen molar-refractivity contribution < 1.29 is 9.13 Å². The lowest BCUT2D eigenvalue weighted by molar-refractivity contribution is 0.414. The zero-order valence-electron chi connectivity index (χ0n) is 10.8. The summed E-state index contributed by atoms with van der Waals surface area (Å²) in [5.41, 5.74) is 2.53. The van der Waals surface area contributed by atoms with Crippen LogP contribution in [0.1, 0.15) is 11.4 Å². The van der Waals surface area contributed by atoms with Crippen molar-refractivity contribution in [2.75, 3.05) is 7.11 Å². The molecule has 1 aromatic heterocycles. The van der Waals surface area contributed by atoms with E-state index in [1.165, 1.54) is 6.07 Å². The maximum Gasteiger partial charge on any atom is 0.139 e. The number of methoxy groups -OCH3 is 1. The Balaban J connectivity index is 1.94. The molecule has 1 heterocycles. The number of imidazole rings is 1. The summed E-state index contributed by atoms with van der Waals surface area (Å²) in [5.74, 6) is 1.31. The number of ether oxygens (including phenoxy) is 1. The number of aromatic nitrogens is 2. The summed E-state index contributed by atoms with van der Waals surface area (Å²) >= 11 is 3.17. The van der Waals surface area contributed by atoms with Gasteiger partial charge in [-0.05, 0) is 39.7 Å². The second kappa shape index (κ2) is 5.25. The molecule has 3 rings (SSSR count). The first kappa shape index (κ1) is 13.1. The summed E-state index contributed by atoms with van der Waals surface area (Å²) in [6.07, 6.45) is 0.644. The highest BCUT2D eigenvalue weighted by molar-refractivity contribution is 9.10. The topological polar surface area (TPSA) is 37.9 Å². The molecule has 0 fully saturated rings. The predicted octanol–water partition coefficient (Wildman–Crippen LogP) is 4.06. The van der Waals surface area contributed by atoms with Gasteiger partial charge in [0.25, 0.3) is 0 Å². The van der Waals surface area contributed by atoms with Crippen molar-refractivity contribution >= 4 is 27.0 Å². The number of nitrogens with zero attached hydrogens (tertiary/aromatic N) is 1. The molecule has 0 saturated carbocycles. The van der Waals surface area contributed by atoms with E-state index < -0.39 is 0 Å². The van der Waals surface area contributed by atoms with Crippen LogP contribution in [0.4, 0.5) is 4.39 Å². The summed E-state index contributed by atoms with van der Waals surface area (Å²) in [7, 11) is 1.64. The molecular formula is C15H12BrFN2O. The molecule has 3 aromatic rings. The standard InChI is InChI=1S/C15H12BrFN2O/c1-20-10-4-2-3-9(5-10)6-15-18-13-7-11(16)12(17)8-14(13)19-15/h2-5,7-8H,6H2,1H3,(H,18,19). The molecular weight excluding hydrogens is 323 g/mol. The molecule has 0 spiro atoms. The van der Waals surface area contributed by atoms with Gasteiger partial charge in [0.05, 0.1) is 22.6 Å². The average molecular weight is 335 g/mol. The predicted molar refractivity (Wildman–Crippen MR) is 79.6 cm³/mol. The first-order valence-electron chi connectivity index (χ1n) is 6.12. The molecule has 20 heavy (non-hydrogen) atoms. The zero-order valence-corrected chi connectivity index (χ0v) is 12.4. The second-order valence-electron chi connectivity index (χ2n) is 4.50. The van der Waals surface area contributed by atoms with E-state index in [-0.39, 0.29) is 5.82 Å². The Morgan fingerprint density at radius 3 is 2.95 bits per heavy atom. The van der Waals surface area contributed by atoms with Crippen LogP contribution in [0.3, 0.4) is 0 Å². The third kappa shape index (κ3) is 2.54. The lowest BCUT2D eigenvalue weighted by Gasteiger charge is -2.02. The number of aromatic amines is 1. The molecule has 0 atom stereocenters. The molecule has 0 aliphatic heterocycles. The summed E-state index contributed by atoms with van der Waals surface area (Å²) in [6, 6.07) is 10.9. The lowest BCUT2D eigenvalue weighted by atomic mass is 10.1. The SMILES string of the molecule is COc1cccc(Cc2nc3cc(Br)c(F)cc3[nH]2)c1. The van der Waals surface area contributed by atoms with Gasteiger partial charge in [0.1, 0.15) is 17.4 Å². The van der Waals surface area contributed by atoms with Crippen molar-refractivity contribution in [3.63, 3.8) is 0 Å². The van der Waals surface area contributed by atoms with Gasteiger partial charge in [0, 0.05) is 12.5 Å². The number of benzene rings is 2. The van der Waals surface area contributed by atoms with Crippen molar-refractivity contribution in [3.05, 3.63) is 58.1 Å². The molecule has 0 unspecified atom stereocenters. The zero-order chi connectivity index (χ0) is 14.1. The molecule has 102 valence electrons. The van der Waals surface area contributed by atoms with E-state index in [9.17, 15) is 4.39 Å². The van der Waals surface area contributed by atoms with Crippen LogP contribution in [0, 0.1) is 5.82 Å². The second-order valence-corrected chi connectivity index (χ2v) is 5.35. The Morgan fingerprint density at radius 1 is 1.30 bits per heavy atom. The van der Waals surface area contributed by atoms with Crippen molar-refractivity contribution in [3.8, 4) is 5.75 Å². The Kier molecular flexibility index (Phi) is 3.44. The third-order valence-electron chi connectivity index (χ3n) is 3.08. The molecule has 0 amide bonds. The van der Waals surface area contributed by atoms with Gasteiger partial charge in [0.15, 0.2) is 0 Å². The Hall–Kier alpha value is -1.88. The summed E-state index contributed by atoms with van der Waals surface area (Å²) in [5, 5.41) is 0. The summed E-state index contributed by atoms with van der Waals surface area (Å²) in [6.45, 7) is 0. The van der Waals surface area contributed by atoms with Crippen molar-refractivity contribution in [2.24, 2.45) is 0 Å². The van der Waals surface area contributed by atoms with Gasteiger partial charge in [-0.2, -0.15) is 0 Å². The van der Waals surface area contributed by atoms with Gasteiger partial charge < -0.3 is 9.72 Å². The number of fused-ring (bicyclic) bond motifs is 1. The summed E-state index contributed by atoms with van der Waals surface area (Å²) in [4.78, 5) is 7.61. The largest absolute Gasteiger partial charge is 0.497 e. The van der Waals surface area contributed by atoms with Crippen LogP contribution < -0.4 is 4.74 Å². The normalized spacial score (nSPS) is 10.9. The minimum atomic E-state index is -0.297. The molecule has 1 N–H and O–H groups in total. The Labute approximate surface area is 123 Å². The van der Waals surface area contributed by atoms with E-state index in [2.05, 4.69) is 25.9 Å². The highest BCUT2D eigenvalue weighted by Gasteiger charge is 2.08. The molecule has 2 aromatic carbocycles. The Morgan fingerprint density at radius 2 is 2.15 bits per heavy atom. The molecule has 3 nitrogen and oxygen atoms in total. The third-order valence-corrected chi connectivity index (χ3v) is 3.69. The first-order valence-corrected chi connectivity index (χ1v) is 6.91. The molecule has 0 saturated heterocycles. The lowest BCUT2D eigenvalue weighted by Crippen LogP contribution is -1.91. The van der Waals surface area contributed by atoms with Crippen molar-refractivity contribution in [1.82, 2.24) is 9.97 Å². The number of nitrogens with one attached hydrogen (secondary N) is 1. The number of hydrogen-bond donors (Lipinski definition) is 1. The monoisotopic (exact) mass is 334 g/mol. The van der Waals surface area contributed by atoms with E-state index in [4.69, 9.17) is 4.74 Å². The molecule has 0 radical (unpaired) electrons. The fourth-order valence-electron chi connectivity index (χ4n) is 2.12. The van der Waals surface area contributed by atoms with Crippen molar-refractivity contribution in [2.45, 2.75) is 6.42 Å². The highest BCUT2D eigenvalue weighted by Crippen LogP contribution is 2.23. The quantitative estimate of drug-likeness (QED) is 0.784. The van der Waals surface area contributed by atoms with E-state index in [1.807, 2.05) is 24.3 Å². The number of rotatable bonds is 3. The van der Waals surface area contributed by atoms with Crippen LogP contribution in [-0.4, -0.2) is 17.1 Å². The van der Waals surface area contributed by atoms with Gasteiger partial charge in [0.2, 0.25) is 0 Å². The van der Waals surface area contributed by atoms with Crippen molar-refractivity contribution in [1.29, 1.82) is 0 Å². The van der Waals surface area contributed by atoms with E-state index in [0.29, 0.717) is 16.4 Å². The fraction of sp³-hybridized carbons (Fsp3) is 0.133. The molecule has 0 aliphatic rings. The molecule has 5 heteroatoms. The van der Waals surface area contributed by atoms with E-state index >= 15 is 0 Å². The first-order chi connectivity index (χ1) is 9.65. The van der Waals surface area contributed by atoms with Gasteiger partial charge in [-0.25, -0.2) is 9.37 Å². The van der Waals surface area contributed by atoms with E-state index in [0.717, 1.165) is 22.7 Å². The average Bonchev–Trinajstić information content (AvgIpc) is 2.80. The number of H-pyrrole nitrogens is 1. The van der Waals surface area contributed by atoms with Crippen LogP contribution >= 0.6 is 15.9 Å². The molecule has 0 aliphatic carbocycles. The Bertz CT molecular complexity index is 731. The van der Waals surface area contributed by atoms with Crippen LogP contribution in [0.25, 0.3) is 11.0 Å². The van der Waals surface area contributed by atoms with Gasteiger partial charge in [-0.3, -0.25) is 0 Å². The number of hydrogen-bond acceptors (Lipinski definition) is 2. The van der Waals surface area contributed by atoms with E-state index in [1.54, 1.807) is 13.2 Å². The van der Waals surface area contributed by atoms with Gasteiger partial charge >= 0.3 is 0 Å². The van der Waals surface area contributed by atoms with Crippen LogP contribution in [-0.2, 0) is 6.42 Å². The van der Waals surface area contributed by atoms with Crippen LogP contribution in [0.2, 0.25) is 0 Å². The number of halogens is 2.